The minimum Gasteiger partial charge on any atom is -0.354 e. The van der Waals surface area contributed by atoms with Crippen LogP contribution in [0, 0.1) is 6.92 Å². The molecule has 2 rings (SSSR count). The fourth-order valence-corrected chi connectivity index (χ4v) is 3.09. The van der Waals surface area contributed by atoms with Gasteiger partial charge in [0.15, 0.2) is 0 Å². The lowest BCUT2D eigenvalue weighted by Crippen LogP contribution is -2.39. The lowest BCUT2D eigenvalue weighted by molar-refractivity contribution is -0.121. The van der Waals surface area contributed by atoms with E-state index in [1.807, 2.05) is 49.4 Å². The molecule has 2 amide bonds. The van der Waals surface area contributed by atoms with E-state index in [-0.39, 0.29) is 11.8 Å². The Balaban J connectivity index is 2.04. The topological polar surface area (TPSA) is 49.4 Å². The van der Waals surface area contributed by atoms with Crippen LogP contribution in [-0.4, -0.2) is 24.9 Å². The first-order valence-corrected chi connectivity index (χ1v) is 9.08. The zero-order valence-corrected chi connectivity index (χ0v) is 16.1. The highest BCUT2D eigenvalue weighted by Crippen LogP contribution is 2.30. The quantitative estimate of drug-likeness (QED) is 0.823. The van der Waals surface area contributed by atoms with Crippen LogP contribution in [0.5, 0.6) is 0 Å². The zero-order chi connectivity index (χ0) is 19.1. The Labute approximate surface area is 156 Å². The van der Waals surface area contributed by atoms with Gasteiger partial charge in [-0.25, -0.2) is 0 Å². The maximum absolute atomic E-state index is 12.3. The van der Waals surface area contributed by atoms with Crippen LogP contribution >= 0.6 is 0 Å². The summed E-state index contributed by atoms with van der Waals surface area (Å²) in [4.78, 5) is 26.2. The van der Waals surface area contributed by atoms with Crippen molar-refractivity contribution in [3.63, 3.8) is 0 Å². The summed E-state index contributed by atoms with van der Waals surface area (Å²) in [6.45, 7) is 8.72. The number of para-hydroxylation sites is 1. The van der Waals surface area contributed by atoms with Crippen molar-refractivity contribution in [2.45, 2.75) is 40.0 Å². The van der Waals surface area contributed by atoms with Crippen molar-refractivity contribution < 1.29 is 9.59 Å². The lowest BCUT2D eigenvalue weighted by Gasteiger charge is -2.27. The Bertz CT molecular complexity index is 754. The second kappa shape index (κ2) is 9.18. The molecular weight excluding hydrogens is 324 g/mol. The van der Waals surface area contributed by atoms with Crippen molar-refractivity contribution in [1.82, 2.24) is 5.32 Å². The molecule has 138 valence electrons. The van der Waals surface area contributed by atoms with Crippen LogP contribution in [0.3, 0.4) is 0 Å². The smallest absolute Gasteiger partial charge is 0.224 e. The molecule has 0 unspecified atom stereocenters. The van der Waals surface area contributed by atoms with E-state index in [1.54, 1.807) is 11.8 Å². The Morgan fingerprint density at radius 3 is 2.35 bits per heavy atom. The number of carbonyl (C=O) groups is 2. The SMILES string of the molecule is CC(=O)N(CCNC(=O)Cc1ccccc1)c1c(C)cccc1C(C)C. The molecule has 1 N–H and O–H groups in total. The molecule has 0 bridgehead atoms. The standard InChI is InChI=1S/C22H28N2O2/c1-16(2)20-12-8-9-17(3)22(20)24(18(4)25)14-13-23-21(26)15-19-10-6-5-7-11-19/h5-12,16H,13-15H2,1-4H3,(H,23,26). The summed E-state index contributed by atoms with van der Waals surface area (Å²) in [5.41, 5.74) is 4.17. The second-order valence-corrected chi connectivity index (χ2v) is 6.85. The highest BCUT2D eigenvalue weighted by Gasteiger charge is 2.19. The normalized spacial score (nSPS) is 10.7. The first-order chi connectivity index (χ1) is 12.4. The van der Waals surface area contributed by atoms with E-state index in [9.17, 15) is 9.59 Å². The Morgan fingerprint density at radius 1 is 1.04 bits per heavy atom. The van der Waals surface area contributed by atoms with Crippen LogP contribution in [0.15, 0.2) is 48.5 Å². The number of hydrogen-bond acceptors (Lipinski definition) is 2. The molecule has 2 aromatic rings. The summed E-state index contributed by atoms with van der Waals surface area (Å²) in [6, 6.07) is 15.8. The highest BCUT2D eigenvalue weighted by molar-refractivity contribution is 5.93. The average molecular weight is 352 g/mol. The Kier molecular flexibility index (Phi) is 6.96. The summed E-state index contributed by atoms with van der Waals surface area (Å²) in [6.07, 6.45) is 0.350. The fourth-order valence-electron chi connectivity index (χ4n) is 3.09. The first kappa shape index (κ1) is 19.7. The number of aryl methyl sites for hydroxylation is 1. The van der Waals surface area contributed by atoms with E-state index in [2.05, 4.69) is 25.2 Å². The number of benzene rings is 2. The van der Waals surface area contributed by atoms with Gasteiger partial charge in [-0.15, -0.1) is 0 Å². The van der Waals surface area contributed by atoms with Gasteiger partial charge in [0.2, 0.25) is 11.8 Å². The molecule has 0 heterocycles. The van der Waals surface area contributed by atoms with E-state index in [1.165, 1.54) is 0 Å². The van der Waals surface area contributed by atoms with Gasteiger partial charge in [0.1, 0.15) is 0 Å². The molecule has 0 aliphatic carbocycles. The van der Waals surface area contributed by atoms with Gasteiger partial charge in [0.05, 0.1) is 12.1 Å². The Morgan fingerprint density at radius 2 is 1.73 bits per heavy atom. The van der Waals surface area contributed by atoms with Gasteiger partial charge in [-0.3, -0.25) is 9.59 Å². The van der Waals surface area contributed by atoms with Crippen LogP contribution in [0.1, 0.15) is 43.4 Å². The summed E-state index contributed by atoms with van der Waals surface area (Å²) >= 11 is 0. The summed E-state index contributed by atoms with van der Waals surface area (Å²) in [5.74, 6) is 0.270. The van der Waals surface area contributed by atoms with Crippen LogP contribution in [0.2, 0.25) is 0 Å². The molecule has 0 aromatic heterocycles. The predicted octanol–water partition coefficient (Wildman–Crippen LogP) is 3.83. The monoisotopic (exact) mass is 352 g/mol. The maximum atomic E-state index is 12.3. The van der Waals surface area contributed by atoms with Crippen LogP contribution in [-0.2, 0) is 16.0 Å². The molecule has 0 saturated carbocycles. The number of nitrogens with zero attached hydrogens (tertiary/aromatic N) is 1. The molecule has 2 aromatic carbocycles. The van der Waals surface area contributed by atoms with Crippen molar-refractivity contribution >= 4 is 17.5 Å². The van der Waals surface area contributed by atoms with Crippen LogP contribution in [0.25, 0.3) is 0 Å². The number of carbonyl (C=O) groups excluding carboxylic acids is 2. The molecule has 0 aliphatic rings. The molecule has 0 fully saturated rings. The van der Waals surface area contributed by atoms with Gasteiger partial charge in [0, 0.05) is 20.0 Å². The number of anilines is 1. The molecule has 0 atom stereocenters. The van der Waals surface area contributed by atoms with Crippen molar-refractivity contribution in [1.29, 1.82) is 0 Å². The average Bonchev–Trinajstić information content (AvgIpc) is 2.59. The summed E-state index contributed by atoms with van der Waals surface area (Å²) < 4.78 is 0. The van der Waals surface area contributed by atoms with Gasteiger partial charge < -0.3 is 10.2 Å². The lowest BCUT2D eigenvalue weighted by atomic mass is 9.97. The molecule has 4 nitrogen and oxygen atoms in total. The first-order valence-electron chi connectivity index (χ1n) is 9.08. The van der Waals surface area contributed by atoms with Crippen LogP contribution in [0.4, 0.5) is 5.69 Å². The molecular formula is C22H28N2O2. The highest BCUT2D eigenvalue weighted by atomic mass is 16.2. The van der Waals surface area contributed by atoms with Crippen molar-refractivity contribution in [2.24, 2.45) is 0 Å². The number of rotatable bonds is 7. The van der Waals surface area contributed by atoms with Gasteiger partial charge in [-0.2, -0.15) is 0 Å². The number of nitrogens with one attached hydrogen (secondary N) is 1. The third-order valence-corrected chi connectivity index (χ3v) is 4.41. The van der Waals surface area contributed by atoms with E-state index >= 15 is 0 Å². The maximum Gasteiger partial charge on any atom is 0.224 e. The van der Waals surface area contributed by atoms with Crippen molar-refractivity contribution in [3.05, 3.63) is 65.2 Å². The molecule has 26 heavy (non-hydrogen) atoms. The van der Waals surface area contributed by atoms with E-state index in [4.69, 9.17) is 0 Å². The molecule has 0 spiro atoms. The van der Waals surface area contributed by atoms with Crippen molar-refractivity contribution in [2.75, 3.05) is 18.0 Å². The van der Waals surface area contributed by atoms with Gasteiger partial charge in [-0.05, 0) is 29.5 Å². The minimum atomic E-state index is -0.0337. The van der Waals surface area contributed by atoms with Crippen molar-refractivity contribution in [3.8, 4) is 0 Å². The number of amides is 2. The summed E-state index contributed by atoms with van der Waals surface area (Å²) in [5, 5.41) is 2.92. The second-order valence-electron chi connectivity index (χ2n) is 6.85. The van der Waals surface area contributed by atoms with Gasteiger partial charge in [0.25, 0.3) is 0 Å². The summed E-state index contributed by atoms with van der Waals surface area (Å²) in [7, 11) is 0. The number of hydrogen-bond donors (Lipinski definition) is 1. The predicted molar refractivity (Wildman–Crippen MR) is 106 cm³/mol. The van der Waals surface area contributed by atoms with E-state index in [0.29, 0.717) is 25.4 Å². The largest absolute Gasteiger partial charge is 0.354 e. The Hall–Kier alpha value is -2.62. The minimum absolute atomic E-state index is 0.0153. The molecule has 0 saturated heterocycles. The van der Waals surface area contributed by atoms with Gasteiger partial charge >= 0.3 is 0 Å². The van der Waals surface area contributed by atoms with Crippen LogP contribution < -0.4 is 10.2 Å². The van der Waals surface area contributed by atoms with E-state index < -0.39 is 0 Å². The third-order valence-electron chi connectivity index (χ3n) is 4.41. The fraction of sp³-hybridized carbons (Fsp3) is 0.364. The van der Waals surface area contributed by atoms with E-state index in [0.717, 1.165) is 22.4 Å². The van der Waals surface area contributed by atoms with Gasteiger partial charge in [-0.1, -0.05) is 62.4 Å². The molecule has 0 aliphatic heterocycles. The molecule has 0 radical (unpaired) electrons. The zero-order valence-electron chi connectivity index (χ0n) is 16.1. The molecule has 4 heteroatoms. The third kappa shape index (κ3) is 5.19.